The summed E-state index contributed by atoms with van der Waals surface area (Å²) in [6.07, 6.45) is 9.89. The number of rotatable bonds is 12. The molecule has 0 heterocycles. The van der Waals surface area contributed by atoms with Gasteiger partial charge in [-0.05, 0) is 88.7 Å². The zero-order valence-corrected chi connectivity index (χ0v) is 22.8. The van der Waals surface area contributed by atoms with E-state index >= 15 is 0 Å². The Bertz CT molecular complexity index is 903. The Morgan fingerprint density at radius 2 is 1.88 bits per heavy atom. The van der Waals surface area contributed by atoms with E-state index in [1.54, 1.807) is 0 Å². The highest BCUT2D eigenvalue weighted by molar-refractivity contribution is 14.2. The number of carbonyl (C=O) groups is 1. The molecule has 0 aromatic heterocycles. The van der Waals surface area contributed by atoms with Crippen LogP contribution in [0.15, 0.2) is 48.5 Å². The fraction of sp³-hybridized carbons (Fsp3) is 0.536. The number of halogens is 1. The van der Waals surface area contributed by atoms with E-state index in [1.165, 1.54) is 36.0 Å². The minimum atomic E-state index is 0.201. The number of hydrogen-bond donors (Lipinski definition) is 0. The van der Waals surface area contributed by atoms with Crippen molar-refractivity contribution in [3.05, 3.63) is 65.2 Å². The Morgan fingerprint density at radius 1 is 1.03 bits per heavy atom. The first kappa shape index (κ1) is 25.1. The average molecular weight is 578 g/mol. The molecule has 2 aromatic carbocycles. The van der Waals surface area contributed by atoms with Gasteiger partial charge in [0.2, 0.25) is 0 Å². The lowest BCUT2D eigenvalue weighted by atomic mass is 9.73. The van der Waals surface area contributed by atoms with Crippen molar-refractivity contribution in [1.29, 1.82) is 0 Å². The predicted molar refractivity (Wildman–Crippen MR) is 145 cm³/mol. The Kier molecular flexibility index (Phi) is 9.64. The van der Waals surface area contributed by atoms with Crippen LogP contribution in [0, 0.1) is 17.8 Å². The fourth-order valence-corrected chi connectivity index (χ4v) is 7.21. The number of unbranched alkanes of at least 4 members (excludes halogenated alkanes) is 2. The first-order chi connectivity index (χ1) is 16.2. The molecular weight excluding hydrogens is 542 g/mol. The molecule has 2 aliphatic rings. The summed E-state index contributed by atoms with van der Waals surface area (Å²) in [5.41, 5.74) is 3.89. The summed E-state index contributed by atoms with van der Waals surface area (Å²) in [5, 5.41) is 0. The second kappa shape index (κ2) is 12.7. The van der Waals surface area contributed by atoms with Gasteiger partial charge in [-0.2, -0.15) is 0 Å². The van der Waals surface area contributed by atoms with Crippen molar-refractivity contribution in [2.75, 3.05) is 0 Å². The molecule has 178 valence electrons. The van der Waals surface area contributed by atoms with Crippen LogP contribution in [-0.4, -0.2) is 11.9 Å². The SMILES string of the molecule is CCCCCC(CCC1C(=O)CC2Cc3c(cccc3OCc3ccccc3)CC21)OPI. The third-order valence-corrected chi connectivity index (χ3v) is 8.71. The quantitative estimate of drug-likeness (QED) is 0.146. The molecule has 0 spiro atoms. The summed E-state index contributed by atoms with van der Waals surface area (Å²) in [6.45, 7) is 3.33. The van der Waals surface area contributed by atoms with Crippen LogP contribution in [0.5, 0.6) is 5.75 Å². The molecule has 3 nitrogen and oxygen atoms in total. The van der Waals surface area contributed by atoms with Gasteiger partial charge in [0.25, 0.3) is 0 Å². The van der Waals surface area contributed by atoms with Gasteiger partial charge in [-0.3, -0.25) is 4.79 Å². The molecule has 1 fully saturated rings. The van der Waals surface area contributed by atoms with E-state index in [4.69, 9.17) is 9.26 Å². The molecule has 0 aliphatic heterocycles. The lowest BCUT2D eigenvalue weighted by molar-refractivity contribution is -0.121. The normalized spacial score (nSPS) is 23.0. The molecule has 2 aliphatic carbocycles. The number of carbonyl (C=O) groups excluding carboxylic acids is 1. The van der Waals surface area contributed by atoms with Gasteiger partial charge < -0.3 is 9.26 Å². The van der Waals surface area contributed by atoms with Crippen molar-refractivity contribution in [3.8, 4) is 5.75 Å². The average Bonchev–Trinajstić information content (AvgIpc) is 3.14. The molecule has 2 aromatic rings. The summed E-state index contributed by atoms with van der Waals surface area (Å²) < 4.78 is 12.3. The minimum absolute atomic E-state index is 0.201. The van der Waals surface area contributed by atoms with Gasteiger partial charge in [-0.25, -0.2) is 0 Å². The predicted octanol–water partition coefficient (Wildman–Crippen LogP) is 7.87. The number of hydrogen-bond acceptors (Lipinski definition) is 3. The van der Waals surface area contributed by atoms with Gasteiger partial charge in [-0.15, -0.1) is 0 Å². The number of benzene rings is 2. The molecular formula is C28H36IO3P. The number of ether oxygens (including phenoxy) is 1. The molecule has 33 heavy (non-hydrogen) atoms. The van der Waals surface area contributed by atoms with Crippen molar-refractivity contribution in [1.82, 2.24) is 0 Å². The van der Waals surface area contributed by atoms with E-state index in [0.29, 0.717) is 36.8 Å². The van der Waals surface area contributed by atoms with Crippen LogP contribution in [0.3, 0.4) is 0 Å². The highest BCUT2D eigenvalue weighted by atomic mass is 127. The Morgan fingerprint density at radius 3 is 2.67 bits per heavy atom. The van der Waals surface area contributed by atoms with Crippen LogP contribution in [-0.2, 0) is 28.8 Å². The number of Topliss-reactive ketones (excluding diaryl/α,β-unsaturated/α-hetero) is 1. The highest BCUT2D eigenvalue weighted by Gasteiger charge is 2.44. The molecule has 5 atom stereocenters. The fourth-order valence-electron chi connectivity index (χ4n) is 5.77. The molecule has 0 amide bonds. The molecule has 0 radical (unpaired) electrons. The zero-order valence-electron chi connectivity index (χ0n) is 19.6. The van der Waals surface area contributed by atoms with Crippen molar-refractivity contribution in [2.24, 2.45) is 17.8 Å². The van der Waals surface area contributed by atoms with Gasteiger partial charge in [0.05, 0.1) is 12.6 Å². The van der Waals surface area contributed by atoms with E-state index in [2.05, 4.69) is 59.3 Å². The first-order valence-electron chi connectivity index (χ1n) is 12.5. The minimum Gasteiger partial charge on any atom is -0.489 e. The lowest BCUT2D eigenvalue weighted by Gasteiger charge is -2.32. The second-order valence-corrected chi connectivity index (χ2v) is 11.4. The third-order valence-electron chi connectivity index (χ3n) is 7.53. The standard InChI is InChI=1S/C28H36IO3P/c1-2-3-5-12-23(32-33-29)14-15-24-25-16-21-11-8-13-28(26(21)17-22(25)18-27(24)30)31-19-20-9-6-4-7-10-20/h4,6-11,13,22-25,33H,2-3,5,12,14-19H2,1H3. The molecule has 5 unspecified atom stereocenters. The molecule has 5 heteroatoms. The monoisotopic (exact) mass is 578 g/mol. The molecule has 0 N–H and O–H groups in total. The summed E-state index contributed by atoms with van der Waals surface area (Å²) in [4.78, 5) is 13.0. The molecule has 1 saturated carbocycles. The van der Waals surface area contributed by atoms with Crippen molar-refractivity contribution < 1.29 is 14.1 Å². The lowest BCUT2D eigenvalue weighted by Crippen LogP contribution is -2.27. The van der Waals surface area contributed by atoms with Crippen LogP contribution in [0.4, 0.5) is 0 Å². The topological polar surface area (TPSA) is 35.5 Å². The van der Waals surface area contributed by atoms with Gasteiger partial charge in [-0.1, -0.05) is 68.7 Å². The summed E-state index contributed by atoms with van der Waals surface area (Å²) in [7, 11) is 0. The van der Waals surface area contributed by atoms with E-state index in [9.17, 15) is 4.79 Å². The largest absolute Gasteiger partial charge is 0.489 e. The maximum atomic E-state index is 13.0. The molecule has 0 saturated heterocycles. The first-order valence-corrected chi connectivity index (χ1v) is 16.5. The maximum Gasteiger partial charge on any atom is 0.136 e. The van der Waals surface area contributed by atoms with E-state index in [-0.39, 0.29) is 5.92 Å². The van der Waals surface area contributed by atoms with Gasteiger partial charge in [0, 0.05) is 12.3 Å². The smallest absolute Gasteiger partial charge is 0.136 e. The van der Waals surface area contributed by atoms with Crippen molar-refractivity contribution in [2.45, 2.75) is 77.4 Å². The van der Waals surface area contributed by atoms with Crippen LogP contribution >= 0.6 is 28.5 Å². The Hall–Kier alpha value is -0.970. The second-order valence-electron chi connectivity index (χ2n) is 9.67. The third kappa shape index (κ3) is 6.58. The van der Waals surface area contributed by atoms with Crippen molar-refractivity contribution >= 4 is 34.3 Å². The van der Waals surface area contributed by atoms with Gasteiger partial charge in [0.1, 0.15) is 18.1 Å². The Labute approximate surface area is 213 Å². The van der Waals surface area contributed by atoms with Crippen LogP contribution in [0.2, 0.25) is 0 Å². The number of ketones is 1. The summed E-state index contributed by atoms with van der Waals surface area (Å²) >= 11 is 2.33. The van der Waals surface area contributed by atoms with Gasteiger partial charge in [0.15, 0.2) is 0 Å². The number of fused-ring (bicyclic) bond motifs is 2. The molecule has 4 rings (SSSR count). The van der Waals surface area contributed by atoms with Crippen LogP contribution < -0.4 is 4.74 Å². The van der Waals surface area contributed by atoms with Crippen LogP contribution in [0.25, 0.3) is 0 Å². The molecule has 0 bridgehead atoms. The van der Waals surface area contributed by atoms with Crippen LogP contribution in [0.1, 0.15) is 68.6 Å². The highest BCUT2D eigenvalue weighted by Crippen LogP contribution is 2.47. The van der Waals surface area contributed by atoms with E-state index in [1.807, 2.05) is 18.2 Å². The maximum absolute atomic E-state index is 13.0. The Balaban J connectivity index is 1.40. The van der Waals surface area contributed by atoms with Crippen molar-refractivity contribution in [3.63, 3.8) is 0 Å². The summed E-state index contributed by atoms with van der Waals surface area (Å²) in [6, 6.07) is 16.8. The van der Waals surface area contributed by atoms with E-state index < -0.39 is 0 Å². The zero-order chi connectivity index (χ0) is 23.0. The van der Waals surface area contributed by atoms with E-state index in [0.717, 1.165) is 44.3 Å². The summed E-state index contributed by atoms with van der Waals surface area (Å²) in [5.74, 6) is 2.62. The van der Waals surface area contributed by atoms with Gasteiger partial charge >= 0.3 is 0 Å².